The summed E-state index contributed by atoms with van der Waals surface area (Å²) in [4.78, 5) is 8.04. The first kappa shape index (κ1) is 10.9. The molecule has 0 amide bonds. The zero-order valence-electron chi connectivity index (χ0n) is 8.38. The quantitative estimate of drug-likeness (QED) is 0.644. The van der Waals surface area contributed by atoms with Gasteiger partial charge in [-0.25, -0.2) is 9.97 Å². The molecule has 0 spiro atoms. The highest BCUT2D eigenvalue weighted by atomic mass is 16.5. The summed E-state index contributed by atoms with van der Waals surface area (Å²) in [7, 11) is 1.56. The van der Waals surface area contributed by atoms with Crippen LogP contribution in [0.1, 0.15) is 25.2 Å². The Labute approximate surface area is 73.8 Å². The van der Waals surface area contributed by atoms with Gasteiger partial charge in [-0.3, -0.25) is 0 Å². The number of hydrogen-bond donors (Lipinski definition) is 0. The molecule has 68 valence electrons. The van der Waals surface area contributed by atoms with E-state index in [2.05, 4.69) is 9.97 Å². The first-order chi connectivity index (χ1) is 5.72. The van der Waals surface area contributed by atoms with Crippen molar-refractivity contribution < 1.29 is 4.74 Å². The second-order valence-corrected chi connectivity index (χ2v) is 2.14. The van der Waals surface area contributed by atoms with Crippen LogP contribution in [-0.4, -0.2) is 17.1 Å². The van der Waals surface area contributed by atoms with E-state index in [0.29, 0.717) is 6.01 Å². The van der Waals surface area contributed by atoms with Crippen molar-refractivity contribution in [2.75, 3.05) is 7.11 Å². The summed E-state index contributed by atoms with van der Waals surface area (Å²) in [5.41, 5.74) is 1.87. The third-order valence-electron chi connectivity index (χ3n) is 1.14. The lowest BCUT2D eigenvalue weighted by atomic mass is 10.4. The van der Waals surface area contributed by atoms with Crippen molar-refractivity contribution in [3.05, 3.63) is 17.5 Å². The van der Waals surface area contributed by atoms with Gasteiger partial charge in [-0.15, -0.1) is 0 Å². The minimum atomic E-state index is 0.442. The van der Waals surface area contributed by atoms with E-state index in [1.165, 1.54) is 0 Å². The molecule has 0 aliphatic carbocycles. The highest BCUT2D eigenvalue weighted by Crippen LogP contribution is 2.03. The number of aryl methyl sites for hydroxylation is 2. The third-order valence-corrected chi connectivity index (χ3v) is 1.14. The highest BCUT2D eigenvalue weighted by molar-refractivity contribution is 5.10. The summed E-state index contributed by atoms with van der Waals surface area (Å²) >= 11 is 0. The summed E-state index contributed by atoms with van der Waals surface area (Å²) in [6.45, 7) is 7.83. The normalized spacial score (nSPS) is 8.42. The van der Waals surface area contributed by atoms with Crippen LogP contribution in [0.3, 0.4) is 0 Å². The monoisotopic (exact) mass is 168 g/mol. The first-order valence-corrected chi connectivity index (χ1v) is 4.08. The fourth-order valence-electron chi connectivity index (χ4n) is 0.785. The predicted molar refractivity (Wildman–Crippen MR) is 49.4 cm³/mol. The maximum absolute atomic E-state index is 4.85. The number of hydrogen-bond acceptors (Lipinski definition) is 3. The van der Waals surface area contributed by atoms with E-state index in [-0.39, 0.29) is 0 Å². The zero-order chi connectivity index (χ0) is 9.56. The molecule has 1 rings (SSSR count). The molecule has 0 fully saturated rings. The molecule has 0 aromatic carbocycles. The molecular formula is C9H16N2O. The van der Waals surface area contributed by atoms with Crippen molar-refractivity contribution in [3.8, 4) is 6.01 Å². The third kappa shape index (κ3) is 3.32. The lowest BCUT2D eigenvalue weighted by molar-refractivity contribution is 0.377. The van der Waals surface area contributed by atoms with E-state index < -0.39 is 0 Å². The Hall–Kier alpha value is -1.12. The van der Waals surface area contributed by atoms with E-state index in [1.807, 2.05) is 33.8 Å². The molecule has 0 aliphatic heterocycles. The van der Waals surface area contributed by atoms with Gasteiger partial charge < -0.3 is 4.74 Å². The average molecular weight is 168 g/mol. The van der Waals surface area contributed by atoms with Crippen LogP contribution in [0.4, 0.5) is 0 Å². The van der Waals surface area contributed by atoms with Crippen LogP contribution in [0.5, 0.6) is 6.01 Å². The van der Waals surface area contributed by atoms with Gasteiger partial charge in [0, 0.05) is 11.4 Å². The molecule has 3 nitrogen and oxygen atoms in total. The maximum atomic E-state index is 4.85. The second kappa shape index (κ2) is 5.52. The van der Waals surface area contributed by atoms with Gasteiger partial charge in [-0.05, 0) is 19.9 Å². The molecule has 0 saturated carbocycles. The van der Waals surface area contributed by atoms with E-state index in [4.69, 9.17) is 4.74 Å². The molecule has 0 aliphatic rings. The first-order valence-electron chi connectivity index (χ1n) is 4.08. The summed E-state index contributed by atoms with van der Waals surface area (Å²) in [6.07, 6.45) is 0. The molecule has 0 N–H and O–H groups in total. The molecule has 1 aromatic rings. The SMILES string of the molecule is CC.COc1nc(C)cc(C)n1. The van der Waals surface area contributed by atoms with Gasteiger partial charge in [-0.2, -0.15) is 0 Å². The molecule has 3 heteroatoms. The Balaban J connectivity index is 0.000000561. The van der Waals surface area contributed by atoms with Gasteiger partial charge >= 0.3 is 6.01 Å². The van der Waals surface area contributed by atoms with Crippen molar-refractivity contribution in [3.63, 3.8) is 0 Å². The minimum absolute atomic E-state index is 0.442. The molecule has 0 atom stereocenters. The molecule has 1 aromatic heterocycles. The minimum Gasteiger partial charge on any atom is -0.467 e. The highest BCUT2D eigenvalue weighted by Gasteiger charge is 1.95. The lowest BCUT2D eigenvalue weighted by Crippen LogP contribution is -1.95. The van der Waals surface area contributed by atoms with Gasteiger partial charge in [0.15, 0.2) is 0 Å². The molecule has 12 heavy (non-hydrogen) atoms. The van der Waals surface area contributed by atoms with Crippen LogP contribution < -0.4 is 4.74 Å². The van der Waals surface area contributed by atoms with E-state index >= 15 is 0 Å². The van der Waals surface area contributed by atoms with Crippen LogP contribution in [0.2, 0.25) is 0 Å². The summed E-state index contributed by atoms with van der Waals surface area (Å²) in [6, 6.07) is 2.35. The Morgan fingerprint density at radius 1 is 1.08 bits per heavy atom. The van der Waals surface area contributed by atoms with Crippen molar-refractivity contribution in [2.24, 2.45) is 0 Å². The van der Waals surface area contributed by atoms with E-state index in [9.17, 15) is 0 Å². The van der Waals surface area contributed by atoms with Crippen molar-refractivity contribution >= 4 is 0 Å². The number of aromatic nitrogens is 2. The smallest absolute Gasteiger partial charge is 0.316 e. The second-order valence-electron chi connectivity index (χ2n) is 2.14. The molecule has 0 unspecified atom stereocenters. The van der Waals surface area contributed by atoms with Crippen LogP contribution in [0.15, 0.2) is 6.07 Å². The Kier molecular flexibility index (Phi) is 5.00. The van der Waals surface area contributed by atoms with Gasteiger partial charge in [0.1, 0.15) is 0 Å². The van der Waals surface area contributed by atoms with E-state index in [1.54, 1.807) is 7.11 Å². The Bertz CT molecular complexity index is 216. The van der Waals surface area contributed by atoms with Gasteiger partial charge in [0.25, 0.3) is 0 Å². The van der Waals surface area contributed by atoms with Crippen LogP contribution in [-0.2, 0) is 0 Å². The number of methoxy groups -OCH3 is 1. The van der Waals surface area contributed by atoms with E-state index in [0.717, 1.165) is 11.4 Å². The molecule has 0 radical (unpaired) electrons. The lowest BCUT2D eigenvalue weighted by Gasteiger charge is -1.99. The average Bonchev–Trinajstić information content (AvgIpc) is 2.06. The molecule has 0 bridgehead atoms. The summed E-state index contributed by atoms with van der Waals surface area (Å²) < 4.78 is 4.85. The van der Waals surface area contributed by atoms with Crippen LogP contribution >= 0.6 is 0 Å². The Morgan fingerprint density at radius 2 is 1.50 bits per heavy atom. The predicted octanol–water partition coefficient (Wildman–Crippen LogP) is 2.13. The summed E-state index contributed by atoms with van der Waals surface area (Å²) in [5.74, 6) is 0. The van der Waals surface area contributed by atoms with Crippen molar-refractivity contribution in [1.29, 1.82) is 0 Å². The fourth-order valence-corrected chi connectivity index (χ4v) is 0.785. The van der Waals surface area contributed by atoms with Gasteiger partial charge in [0.2, 0.25) is 0 Å². The number of nitrogens with zero attached hydrogens (tertiary/aromatic N) is 2. The van der Waals surface area contributed by atoms with Crippen LogP contribution in [0, 0.1) is 13.8 Å². The fraction of sp³-hybridized carbons (Fsp3) is 0.556. The standard InChI is InChI=1S/C7H10N2O.C2H6/c1-5-4-6(2)9-7(8-5)10-3;1-2/h4H,1-3H3;1-2H3. The molecule has 1 heterocycles. The zero-order valence-corrected chi connectivity index (χ0v) is 8.38. The Morgan fingerprint density at radius 3 is 1.83 bits per heavy atom. The molecule has 0 saturated heterocycles. The number of ether oxygens (including phenoxy) is 1. The largest absolute Gasteiger partial charge is 0.467 e. The van der Waals surface area contributed by atoms with Crippen LogP contribution in [0.25, 0.3) is 0 Å². The number of rotatable bonds is 1. The van der Waals surface area contributed by atoms with Crippen molar-refractivity contribution in [1.82, 2.24) is 9.97 Å². The van der Waals surface area contributed by atoms with Gasteiger partial charge in [0.05, 0.1) is 7.11 Å². The molecular weight excluding hydrogens is 152 g/mol. The maximum Gasteiger partial charge on any atom is 0.316 e. The van der Waals surface area contributed by atoms with Crippen molar-refractivity contribution in [2.45, 2.75) is 27.7 Å². The summed E-state index contributed by atoms with van der Waals surface area (Å²) in [5, 5.41) is 0. The topological polar surface area (TPSA) is 35.0 Å². The van der Waals surface area contributed by atoms with Gasteiger partial charge in [-0.1, -0.05) is 13.8 Å².